The lowest BCUT2D eigenvalue weighted by Gasteiger charge is -2.33. The standard InChI is InChI=1S/C63H46N3O2P/c1-63(2)55-25-14-12-23-52(55)53-39-38-50(42-56(53)63)64(47-34-29-44(30-35-47)43-17-6-3-7-18-43)48-36-31-45(32-37-48)46-33-40-57-59(41-46)66(58-26-16-28-61-62(58)54-24-13-15-27-60(54)68-61)69(67,51-21-10-5-11-22-51)65(57)49-19-8-4-9-20-49/h3-42H,1-2H3. The van der Waals surface area contributed by atoms with Crippen LogP contribution in [0.1, 0.15) is 25.0 Å². The van der Waals surface area contributed by atoms with Gasteiger partial charge in [0.25, 0.3) is 0 Å². The molecule has 1 aliphatic carbocycles. The van der Waals surface area contributed by atoms with Crippen LogP contribution in [0.15, 0.2) is 247 Å². The first-order valence-corrected chi connectivity index (χ1v) is 25.1. The molecule has 2 heterocycles. The van der Waals surface area contributed by atoms with E-state index in [1.54, 1.807) is 0 Å². The van der Waals surface area contributed by atoms with Gasteiger partial charge >= 0.3 is 7.44 Å². The molecule has 1 aliphatic heterocycles. The van der Waals surface area contributed by atoms with Gasteiger partial charge in [-0.1, -0.05) is 166 Å². The lowest BCUT2D eigenvalue weighted by atomic mass is 9.82. The van der Waals surface area contributed by atoms with E-state index in [0.717, 1.165) is 78.2 Å². The third kappa shape index (κ3) is 6.42. The summed E-state index contributed by atoms with van der Waals surface area (Å²) in [6, 6.07) is 84.8. The first-order valence-electron chi connectivity index (χ1n) is 23.5. The van der Waals surface area contributed by atoms with Gasteiger partial charge in [-0.3, -0.25) is 13.9 Å². The van der Waals surface area contributed by atoms with Crippen molar-refractivity contribution < 1.29 is 8.98 Å². The van der Waals surface area contributed by atoms with Gasteiger partial charge in [0.15, 0.2) is 0 Å². The van der Waals surface area contributed by atoms with Gasteiger partial charge in [-0.2, -0.15) is 0 Å². The average molecular weight is 908 g/mol. The number of para-hydroxylation sites is 2. The van der Waals surface area contributed by atoms with Gasteiger partial charge in [0.05, 0.1) is 27.8 Å². The second kappa shape index (κ2) is 15.9. The van der Waals surface area contributed by atoms with Crippen molar-refractivity contribution in [3.8, 4) is 33.4 Å². The molecule has 69 heavy (non-hydrogen) atoms. The van der Waals surface area contributed by atoms with E-state index < -0.39 is 7.44 Å². The van der Waals surface area contributed by atoms with Gasteiger partial charge in [0.1, 0.15) is 11.2 Å². The van der Waals surface area contributed by atoms with E-state index >= 15 is 4.57 Å². The molecular weight excluding hydrogens is 862 g/mol. The maximum absolute atomic E-state index is 16.8. The molecule has 5 nitrogen and oxygen atoms in total. The third-order valence-electron chi connectivity index (χ3n) is 14.2. The van der Waals surface area contributed by atoms with E-state index in [2.05, 4.69) is 180 Å². The second-order valence-corrected chi connectivity index (χ2v) is 20.9. The molecule has 10 aromatic carbocycles. The zero-order valence-electron chi connectivity index (χ0n) is 38.2. The van der Waals surface area contributed by atoms with Crippen molar-refractivity contribution in [3.05, 3.63) is 254 Å². The Labute approximate surface area is 402 Å². The fourth-order valence-corrected chi connectivity index (χ4v) is 13.9. The summed E-state index contributed by atoms with van der Waals surface area (Å²) in [5, 5.41) is 2.64. The lowest BCUT2D eigenvalue weighted by molar-refractivity contribution is 0.582. The molecule has 1 aromatic heterocycles. The fourth-order valence-electron chi connectivity index (χ4n) is 10.9. The molecule has 0 amide bonds. The van der Waals surface area contributed by atoms with Crippen LogP contribution in [-0.2, 0) is 9.98 Å². The van der Waals surface area contributed by atoms with Gasteiger partial charge in [-0.05, 0) is 136 Å². The summed E-state index contributed by atoms with van der Waals surface area (Å²) in [5.74, 6) is 0. The van der Waals surface area contributed by atoms with Crippen molar-refractivity contribution in [2.75, 3.05) is 14.2 Å². The van der Waals surface area contributed by atoms with E-state index in [1.807, 2.05) is 91.0 Å². The van der Waals surface area contributed by atoms with Crippen LogP contribution in [0.5, 0.6) is 0 Å². The highest BCUT2D eigenvalue weighted by Gasteiger charge is 2.50. The van der Waals surface area contributed by atoms with Crippen molar-refractivity contribution >= 4 is 74.5 Å². The van der Waals surface area contributed by atoms with Crippen molar-refractivity contribution in [3.63, 3.8) is 0 Å². The molecule has 330 valence electrons. The average Bonchev–Trinajstić information content (AvgIpc) is 4.00. The Balaban J connectivity index is 0.959. The molecule has 1 atom stereocenters. The molecule has 11 aromatic rings. The number of anilines is 7. The molecule has 1 unspecified atom stereocenters. The summed E-state index contributed by atoms with van der Waals surface area (Å²) in [4.78, 5) is 2.37. The van der Waals surface area contributed by atoms with Gasteiger partial charge in [-0.25, -0.2) is 0 Å². The topological polar surface area (TPSA) is 39.9 Å². The molecule has 0 radical (unpaired) electrons. The van der Waals surface area contributed by atoms with Crippen molar-refractivity contribution in [2.24, 2.45) is 0 Å². The molecule has 0 saturated heterocycles. The molecule has 0 fully saturated rings. The quantitative estimate of drug-likeness (QED) is 0.142. The van der Waals surface area contributed by atoms with E-state index in [1.165, 1.54) is 33.4 Å². The second-order valence-electron chi connectivity index (χ2n) is 18.5. The number of fused-ring (bicyclic) bond motifs is 7. The van der Waals surface area contributed by atoms with Crippen molar-refractivity contribution in [1.29, 1.82) is 0 Å². The van der Waals surface area contributed by atoms with Gasteiger partial charge in [-0.15, -0.1) is 0 Å². The molecule has 0 N–H and O–H groups in total. The Hall–Kier alpha value is -8.37. The number of hydrogen-bond donors (Lipinski definition) is 0. The Kier molecular flexibility index (Phi) is 9.40. The SMILES string of the molecule is CC1(C)c2ccccc2-c2ccc(N(c3ccc(-c4ccccc4)cc3)c3ccc(-c4ccc5c(c4)N(c4cccc6oc7ccccc7c46)P(=O)(c4ccccc4)N5c4ccccc4)cc3)cc21. The molecule has 0 saturated carbocycles. The van der Waals surface area contributed by atoms with Gasteiger partial charge in [0.2, 0.25) is 0 Å². The first kappa shape index (κ1) is 40.9. The highest BCUT2D eigenvalue weighted by Crippen LogP contribution is 2.71. The zero-order valence-corrected chi connectivity index (χ0v) is 39.1. The predicted octanol–water partition coefficient (Wildman–Crippen LogP) is 17.5. The maximum Gasteiger partial charge on any atom is 0.301 e. The molecular formula is C63H46N3O2P. The van der Waals surface area contributed by atoms with Crippen LogP contribution in [0, 0.1) is 0 Å². The van der Waals surface area contributed by atoms with Crippen LogP contribution in [0.3, 0.4) is 0 Å². The molecule has 6 heteroatoms. The van der Waals surface area contributed by atoms with Crippen LogP contribution >= 0.6 is 7.44 Å². The Morgan fingerprint density at radius 3 is 1.72 bits per heavy atom. The summed E-state index contributed by atoms with van der Waals surface area (Å²) >= 11 is 0. The number of hydrogen-bond acceptors (Lipinski definition) is 3. The number of benzene rings is 10. The number of rotatable bonds is 8. The van der Waals surface area contributed by atoms with Crippen molar-refractivity contribution in [1.82, 2.24) is 0 Å². The molecule has 0 bridgehead atoms. The Morgan fingerprint density at radius 1 is 0.420 bits per heavy atom. The Morgan fingerprint density at radius 2 is 0.986 bits per heavy atom. The molecule has 2 aliphatic rings. The monoisotopic (exact) mass is 907 g/mol. The normalized spacial score (nSPS) is 15.6. The number of nitrogens with zero attached hydrogens (tertiary/aromatic N) is 3. The smallest absolute Gasteiger partial charge is 0.301 e. The van der Waals surface area contributed by atoms with Crippen LogP contribution in [0.4, 0.5) is 39.8 Å². The molecule has 13 rings (SSSR count). The third-order valence-corrected chi connectivity index (χ3v) is 17.1. The van der Waals surface area contributed by atoms with Crippen LogP contribution < -0.4 is 19.5 Å². The van der Waals surface area contributed by atoms with Crippen LogP contribution in [-0.4, -0.2) is 0 Å². The van der Waals surface area contributed by atoms with Crippen LogP contribution in [0.2, 0.25) is 0 Å². The van der Waals surface area contributed by atoms with E-state index in [0.29, 0.717) is 0 Å². The Bertz CT molecular complexity index is 3790. The van der Waals surface area contributed by atoms with Gasteiger partial charge < -0.3 is 9.32 Å². The van der Waals surface area contributed by atoms with Crippen molar-refractivity contribution in [2.45, 2.75) is 19.3 Å². The van der Waals surface area contributed by atoms with E-state index in [4.69, 9.17) is 4.42 Å². The zero-order chi connectivity index (χ0) is 46.3. The van der Waals surface area contributed by atoms with E-state index in [9.17, 15) is 0 Å². The van der Waals surface area contributed by atoms with E-state index in [-0.39, 0.29) is 5.41 Å². The largest absolute Gasteiger partial charge is 0.456 e. The van der Waals surface area contributed by atoms with Crippen LogP contribution in [0.25, 0.3) is 55.3 Å². The predicted molar refractivity (Wildman–Crippen MR) is 288 cm³/mol. The summed E-state index contributed by atoms with van der Waals surface area (Å²) in [6.07, 6.45) is 0. The highest BCUT2D eigenvalue weighted by atomic mass is 31.2. The minimum Gasteiger partial charge on any atom is -0.456 e. The lowest BCUT2D eigenvalue weighted by Crippen LogP contribution is -2.26. The summed E-state index contributed by atoms with van der Waals surface area (Å²) < 4.78 is 27.4. The maximum atomic E-state index is 16.8. The number of furan rings is 1. The first-order chi connectivity index (χ1) is 33.9. The highest BCUT2D eigenvalue weighted by molar-refractivity contribution is 7.76. The minimum atomic E-state index is -3.67. The fraction of sp³-hybridized carbons (Fsp3) is 0.0476. The summed E-state index contributed by atoms with van der Waals surface area (Å²) in [7, 11) is -3.67. The molecule has 0 spiro atoms. The summed E-state index contributed by atoms with van der Waals surface area (Å²) in [5.41, 5.74) is 17.7. The minimum absolute atomic E-state index is 0.146. The van der Waals surface area contributed by atoms with Gasteiger partial charge in [0, 0.05) is 33.6 Å². The summed E-state index contributed by atoms with van der Waals surface area (Å²) in [6.45, 7) is 4.67.